The first-order valence-electron chi connectivity index (χ1n) is 13.5. The molecular weight excluding hydrogens is 452 g/mol. The van der Waals surface area contributed by atoms with Crippen molar-refractivity contribution in [2.45, 2.75) is 97.5 Å². The summed E-state index contributed by atoms with van der Waals surface area (Å²) >= 11 is 0. The van der Waals surface area contributed by atoms with Crippen LogP contribution in [0.4, 0.5) is 0 Å². The second kappa shape index (κ2) is 13.9. The first-order chi connectivity index (χ1) is 17.4. The second-order valence-corrected chi connectivity index (χ2v) is 9.93. The average molecular weight is 493 g/mol. The highest BCUT2D eigenvalue weighted by atomic mass is 16.5. The van der Waals surface area contributed by atoms with E-state index in [4.69, 9.17) is 4.74 Å². The Kier molecular flexibility index (Phi) is 10.6. The summed E-state index contributed by atoms with van der Waals surface area (Å²) in [6.07, 6.45) is 12.2. The Morgan fingerprint density at radius 1 is 0.833 bits per heavy atom. The number of nitrogens with zero attached hydrogens (tertiary/aromatic N) is 2. The minimum Gasteiger partial charge on any atom is -0.478 e. The molecule has 194 valence electrons. The lowest BCUT2D eigenvalue weighted by atomic mass is 9.99. The maximum atomic E-state index is 12.5. The van der Waals surface area contributed by atoms with Crippen molar-refractivity contribution >= 4 is 34.0 Å². The van der Waals surface area contributed by atoms with Gasteiger partial charge in [-0.1, -0.05) is 89.8 Å². The summed E-state index contributed by atoms with van der Waals surface area (Å²) in [7, 11) is 0. The number of carbonyl (C=O) groups is 2. The summed E-state index contributed by atoms with van der Waals surface area (Å²) in [5.41, 5.74) is 2.94. The van der Waals surface area contributed by atoms with E-state index in [1.54, 1.807) is 18.2 Å². The maximum absolute atomic E-state index is 12.5. The van der Waals surface area contributed by atoms with E-state index in [0.717, 1.165) is 24.3 Å². The number of esters is 1. The van der Waals surface area contributed by atoms with E-state index in [1.807, 2.05) is 19.1 Å². The molecule has 36 heavy (non-hydrogen) atoms. The summed E-state index contributed by atoms with van der Waals surface area (Å²) in [6.45, 7) is 6.44. The summed E-state index contributed by atoms with van der Waals surface area (Å²) in [5, 5.41) is 9.46. The third-order valence-electron chi connectivity index (χ3n) is 7.03. The van der Waals surface area contributed by atoms with Gasteiger partial charge in [-0.3, -0.25) is 4.79 Å². The number of aromatic nitrogens is 2. The van der Waals surface area contributed by atoms with Crippen molar-refractivity contribution in [3.8, 4) is 0 Å². The zero-order valence-corrected chi connectivity index (χ0v) is 22.0. The number of rotatable bonds is 15. The first kappa shape index (κ1) is 27.6. The Morgan fingerprint density at radius 2 is 1.42 bits per heavy atom. The molecular formula is C30H40N2O4. The van der Waals surface area contributed by atoms with Crippen molar-refractivity contribution in [3.63, 3.8) is 0 Å². The molecule has 0 amide bonds. The van der Waals surface area contributed by atoms with Gasteiger partial charge >= 0.3 is 11.9 Å². The predicted molar refractivity (Wildman–Crippen MR) is 144 cm³/mol. The predicted octanol–water partition coefficient (Wildman–Crippen LogP) is 8.03. The normalized spacial score (nSPS) is 13.1. The van der Waals surface area contributed by atoms with Crippen LogP contribution in [0.2, 0.25) is 0 Å². The van der Waals surface area contributed by atoms with Crippen LogP contribution in [0.25, 0.3) is 22.1 Å². The van der Waals surface area contributed by atoms with Crippen LogP contribution >= 0.6 is 0 Å². The van der Waals surface area contributed by atoms with Crippen LogP contribution < -0.4 is 0 Å². The van der Waals surface area contributed by atoms with Crippen LogP contribution in [-0.2, 0) is 9.53 Å². The Labute approximate surface area is 214 Å². The molecule has 0 fully saturated rings. The molecule has 2 unspecified atom stereocenters. The van der Waals surface area contributed by atoms with Gasteiger partial charge < -0.3 is 9.84 Å². The minimum atomic E-state index is -1.04. The Balaban J connectivity index is 1.46. The summed E-state index contributed by atoms with van der Waals surface area (Å²) in [4.78, 5) is 33.2. The standard InChI is InChI=1S/C30H40N2O4/c1-4-21(2)15-11-9-7-5-6-8-10-12-20-27(33)36-22(3)23-16-13-18-25-28(23)31-26-19-14-17-24(30(34)35)29(26)32-25/h13-14,16-19,21-22H,4-12,15,20H2,1-3H3,(H,34,35). The molecule has 0 saturated carbocycles. The lowest BCUT2D eigenvalue weighted by Crippen LogP contribution is -2.10. The quantitative estimate of drug-likeness (QED) is 0.131. The van der Waals surface area contributed by atoms with Gasteiger partial charge in [-0.15, -0.1) is 0 Å². The molecule has 1 aromatic heterocycles. The highest BCUT2D eigenvalue weighted by molar-refractivity contribution is 6.02. The highest BCUT2D eigenvalue weighted by Gasteiger charge is 2.18. The number of ether oxygens (including phenoxy) is 1. The largest absolute Gasteiger partial charge is 0.478 e. The molecule has 0 spiro atoms. The number of para-hydroxylation sites is 2. The zero-order valence-electron chi connectivity index (χ0n) is 22.0. The molecule has 2 aromatic carbocycles. The minimum absolute atomic E-state index is 0.119. The molecule has 0 radical (unpaired) electrons. The zero-order chi connectivity index (χ0) is 25.9. The Hall–Kier alpha value is -3.02. The van der Waals surface area contributed by atoms with E-state index >= 15 is 0 Å². The third-order valence-corrected chi connectivity index (χ3v) is 7.03. The summed E-state index contributed by atoms with van der Waals surface area (Å²) < 4.78 is 5.72. The second-order valence-electron chi connectivity index (χ2n) is 9.93. The molecule has 0 saturated heterocycles. The van der Waals surface area contributed by atoms with Gasteiger partial charge in [0.25, 0.3) is 0 Å². The monoisotopic (exact) mass is 492 g/mol. The van der Waals surface area contributed by atoms with Crippen LogP contribution in [0.5, 0.6) is 0 Å². The number of benzene rings is 2. The van der Waals surface area contributed by atoms with Crippen LogP contribution in [0.1, 0.15) is 113 Å². The Morgan fingerprint density at radius 3 is 2.08 bits per heavy atom. The molecule has 6 nitrogen and oxygen atoms in total. The fourth-order valence-electron chi connectivity index (χ4n) is 4.59. The maximum Gasteiger partial charge on any atom is 0.337 e. The SMILES string of the molecule is CCC(C)CCCCCCCCCCC(=O)OC(C)c1cccc2nc3c(C(=O)O)cccc3nc12. The van der Waals surface area contributed by atoms with Gasteiger partial charge in [0.2, 0.25) is 0 Å². The van der Waals surface area contributed by atoms with Crippen LogP contribution in [-0.4, -0.2) is 27.0 Å². The average Bonchev–Trinajstić information content (AvgIpc) is 2.87. The van der Waals surface area contributed by atoms with Crippen LogP contribution in [0, 0.1) is 5.92 Å². The fourth-order valence-corrected chi connectivity index (χ4v) is 4.59. The van der Waals surface area contributed by atoms with E-state index in [1.165, 1.54) is 57.4 Å². The van der Waals surface area contributed by atoms with Crippen molar-refractivity contribution in [3.05, 3.63) is 47.5 Å². The number of unbranched alkanes of at least 4 members (excludes halogenated alkanes) is 7. The first-order valence-corrected chi connectivity index (χ1v) is 13.5. The Bertz CT molecular complexity index is 1160. The molecule has 0 aliphatic heterocycles. The molecule has 1 N–H and O–H groups in total. The van der Waals surface area contributed by atoms with Gasteiger partial charge in [0.1, 0.15) is 11.6 Å². The summed E-state index contributed by atoms with van der Waals surface area (Å²) in [5.74, 6) is -0.385. The number of fused-ring (bicyclic) bond motifs is 2. The lowest BCUT2D eigenvalue weighted by Gasteiger charge is -2.15. The number of carboxylic acids is 1. The molecule has 6 heteroatoms. The van der Waals surface area contributed by atoms with Crippen molar-refractivity contribution in [2.75, 3.05) is 0 Å². The van der Waals surface area contributed by atoms with Crippen molar-refractivity contribution in [1.82, 2.24) is 9.97 Å². The van der Waals surface area contributed by atoms with Gasteiger partial charge in [-0.25, -0.2) is 14.8 Å². The molecule has 0 aliphatic carbocycles. The molecule has 2 atom stereocenters. The van der Waals surface area contributed by atoms with E-state index in [-0.39, 0.29) is 11.5 Å². The van der Waals surface area contributed by atoms with Gasteiger partial charge in [0, 0.05) is 12.0 Å². The lowest BCUT2D eigenvalue weighted by molar-refractivity contribution is -0.148. The van der Waals surface area contributed by atoms with Gasteiger partial charge in [0.15, 0.2) is 0 Å². The van der Waals surface area contributed by atoms with Crippen molar-refractivity contribution in [2.24, 2.45) is 5.92 Å². The molecule has 0 bridgehead atoms. The number of aromatic carboxylic acids is 1. The third kappa shape index (κ3) is 7.74. The topological polar surface area (TPSA) is 89.4 Å². The number of hydrogen-bond acceptors (Lipinski definition) is 5. The van der Waals surface area contributed by atoms with E-state index in [2.05, 4.69) is 23.8 Å². The van der Waals surface area contributed by atoms with E-state index < -0.39 is 12.1 Å². The van der Waals surface area contributed by atoms with Gasteiger partial charge in [-0.05, 0) is 37.5 Å². The van der Waals surface area contributed by atoms with E-state index in [9.17, 15) is 14.7 Å². The molecule has 3 rings (SSSR count). The van der Waals surface area contributed by atoms with E-state index in [0.29, 0.717) is 28.5 Å². The molecule has 3 aromatic rings. The smallest absolute Gasteiger partial charge is 0.337 e. The summed E-state index contributed by atoms with van der Waals surface area (Å²) in [6, 6.07) is 10.4. The number of hydrogen-bond donors (Lipinski definition) is 1. The van der Waals surface area contributed by atoms with Crippen LogP contribution in [0.3, 0.4) is 0 Å². The number of carboxylic acid groups (broad SMARTS) is 1. The fraction of sp³-hybridized carbons (Fsp3) is 0.533. The number of carbonyl (C=O) groups excluding carboxylic acids is 1. The van der Waals surface area contributed by atoms with Crippen molar-refractivity contribution in [1.29, 1.82) is 0 Å². The molecule has 0 aliphatic rings. The van der Waals surface area contributed by atoms with Crippen LogP contribution in [0.15, 0.2) is 36.4 Å². The van der Waals surface area contributed by atoms with Gasteiger partial charge in [-0.2, -0.15) is 0 Å². The molecule has 1 heterocycles. The highest BCUT2D eigenvalue weighted by Crippen LogP contribution is 2.27. The van der Waals surface area contributed by atoms with Crippen molar-refractivity contribution < 1.29 is 19.4 Å². The van der Waals surface area contributed by atoms with Gasteiger partial charge in [0.05, 0.1) is 22.1 Å².